The Hall–Kier alpha value is -0.450. The van der Waals surface area contributed by atoms with E-state index in [1.54, 1.807) is 6.07 Å². The molecule has 0 aliphatic heterocycles. The summed E-state index contributed by atoms with van der Waals surface area (Å²) < 4.78 is 7.05. The predicted octanol–water partition coefficient (Wildman–Crippen LogP) is 7.43. The zero-order valence-corrected chi connectivity index (χ0v) is 18.8. The number of halogens is 4. The van der Waals surface area contributed by atoms with E-state index in [9.17, 15) is 0 Å². The van der Waals surface area contributed by atoms with E-state index >= 15 is 0 Å². The minimum absolute atomic E-state index is 0. The number of nitrogens with one attached hydrogen (secondary N) is 1. The van der Waals surface area contributed by atoms with Crippen molar-refractivity contribution >= 4 is 51.5 Å². The maximum absolute atomic E-state index is 6.22. The largest absolute Gasteiger partial charge is 0.489 e. The van der Waals surface area contributed by atoms with Gasteiger partial charge in [0.25, 0.3) is 0 Å². The van der Waals surface area contributed by atoms with Gasteiger partial charge in [-0.3, -0.25) is 0 Å². The summed E-state index contributed by atoms with van der Waals surface area (Å²) >= 11 is 15.7. The molecular weight excluding hydrogens is 456 g/mol. The average molecular weight is 482 g/mol. The molecule has 26 heavy (non-hydrogen) atoms. The smallest absolute Gasteiger partial charge is 0.124 e. The van der Waals surface area contributed by atoms with Crippen molar-refractivity contribution in [3.63, 3.8) is 0 Å². The van der Waals surface area contributed by atoms with Crippen molar-refractivity contribution in [1.82, 2.24) is 5.32 Å². The van der Waals surface area contributed by atoms with Crippen molar-refractivity contribution in [2.24, 2.45) is 0 Å². The Morgan fingerprint density at radius 1 is 1.00 bits per heavy atom. The molecule has 0 amide bonds. The Balaban J connectivity index is 0.00000338. The second-order valence-electron chi connectivity index (χ2n) is 6.01. The summed E-state index contributed by atoms with van der Waals surface area (Å²) in [5, 5.41) is 4.76. The lowest BCUT2D eigenvalue weighted by molar-refractivity contribution is 0.302. The number of benzene rings is 2. The quantitative estimate of drug-likeness (QED) is 0.356. The fraction of sp³-hybridized carbons (Fsp3) is 0.400. The van der Waals surface area contributed by atoms with E-state index in [1.165, 1.54) is 25.7 Å². The molecule has 2 rings (SSSR count). The molecule has 2 aromatic rings. The summed E-state index contributed by atoms with van der Waals surface area (Å²) in [4.78, 5) is 0. The predicted molar refractivity (Wildman–Crippen MR) is 118 cm³/mol. The molecule has 6 heteroatoms. The Morgan fingerprint density at radius 2 is 1.81 bits per heavy atom. The fourth-order valence-electron chi connectivity index (χ4n) is 2.52. The third-order valence-corrected chi connectivity index (χ3v) is 5.02. The van der Waals surface area contributed by atoms with Crippen LogP contribution < -0.4 is 10.1 Å². The molecule has 0 bridgehead atoms. The summed E-state index contributed by atoms with van der Waals surface area (Å²) in [7, 11) is 0. The molecule has 0 fully saturated rings. The van der Waals surface area contributed by atoms with Gasteiger partial charge >= 0.3 is 0 Å². The summed E-state index contributed by atoms with van der Waals surface area (Å²) in [5.41, 5.74) is 2.06. The molecule has 0 saturated carbocycles. The first kappa shape index (κ1) is 23.6. The topological polar surface area (TPSA) is 21.3 Å². The Labute approximate surface area is 181 Å². The standard InChI is InChI=1S/C20H24BrCl2NO.ClH/c1-2-3-4-5-10-24-13-16-11-17(21)7-9-20(16)25-14-15-6-8-18(22)12-19(15)23;/h6-9,11-12,24H,2-5,10,13-14H2,1H3;1H. The van der Waals surface area contributed by atoms with Gasteiger partial charge in [-0.25, -0.2) is 0 Å². The second-order valence-corrected chi connectivity index (χ2v) is 7.77. The highest BCUT2D eigenvalue weighted by Crippen LogP contribution is 2.26. The second kappa shape index (κ2) is 12.9. The highest BCUT2D eigenvalue weighted by molar-refractivity contribution is 9.10. The molecule has 0 saturated heterocycles. The van der Waals surface area contributed by atoms with Crippen LogP contribution in [0.15, 0.2) is 40.9 Å². The van der Waals surface area contributed by atoms with E-state index < -0.39 is 0 Å². The lowest BCUT2D eigenvalue weighted by atomic mass is 10.2. The van der Waals surface area contributed by atoms with Crippen LogP contribution in [0.3, 0.4) is 0 Å². The summed E-state index contributed by atoms with van der Waals surface area (Å²) in [6.07, 6.45) is 5.05. The van der Waals surface area contributed by atoms with Gasteiger partial charge in [-0.1, -0.05) is 71.4 Å². The maximum atomic E-state index is 6.22. The van der Waals surface area contributed by atoms with Gasteiger partial charge in [0, 0.05) is 32.2 Å². The third-order valence-electron chi connectivity index (χ3n) is 3.94. The van der Waals surface area contributed by atoms with Crippen molar-refractivity contribution in [3.05, 3.63) is 62.0 Å². The van der Waals surface area contributed by atoms with Crippen LogP contribution in [0.25, 0.3) is 0 Å². The first-order valence-corrected chi connectivity index (χ1v) is 10.2. The lowest BCUT2D eigenvalue weighted by Crippen LogP contribution is -2.15. The van der Waals surface area contributed by atoms with Crippen molar-refractivity contribution in [2.45, 2.75) is 45.8 Å². The molecule has 144 valence electrons. The Kier molecular flexibility index (Phi) is 11.7. The van der Waals surface area contributed by atoms with Crippen LogP contribution in [-0.2, 0) is 13.2 Å². The molecule has 0 aromatic heterocycles. The molecule has 0 aliphatic rings. The average Bonchev–Trinajstić information content (AvgIpc) is 2.58. The van der Waals surface area contributed by atoms with E-state index in [4.69, 9.17) is 27.9 Å². The van der Waals surface area contributed by atoms with Crippen molar-refractivity contribution < 1.29 is 4.74 Å². The minimum atomic E-state index is 0. The minimum Gasteiger partial charge on any atom is -0.489 e. The molecule has 0 spiro atoms. The first-order valence-electron chi connectivity index (χ1n) is 8.66. The molecule has 0 atom stereocenters. The summed E-state index contributed by atoms with van der Waals surface area (Å²) in [6, 6.07) is 11.5. The van der Waals surface area contributed by atoms with E-state index in [1.807, 2.05) is 24.3 Å². The van der Waals surface area contributed by atoms with Gasteiger partial charge < -0.3 is 10.1 Å². The number of hydrogen-bond acceptors (Lipinski definition) is 2. The number of hydrogen-bond donors (Lipinski definition) is 1. The van der Waals surface area contributed by atoms with E-state index in [0.29, 0.717) is 16.7 Å². The molecule has 1 N–H and O–H groups in total. The lowest BCUT2D eigenvalue weighted by Gasteiger charge is -2.14. The van der Waals surface area contributed by atoms with Crippen LogP contribution in [0.1, 0.15) is 43.7 Å². The molecule has 0 radical (unpaired) electrons. The van der Waals surface area contributed by atoms with Gasteiger partial charge in [-0.2, -0.15) is 0 Å². The van der Waals surface area contributed by atoms with E-state index in [-0.39, 0.29) is 12.4 Å². The molecule has 2 nitrogen and oxygen atoms in total. The van der Waals surface area contributed by atoms with Crippen LogP contribution in [0, 0.1) is 0 Å². The fourth-order valence-corrected chi connectivity index (χ4v) is 3.39. The molecule has 0 aliphatic carbocycles. The van der Waals surface area contributed by atoms with Crippen molar-refractivity contribution in [1.29, 1.82) is 0 Å². The monoisotopic (exact) mass is 479 g/mol. The van der Waals surface area contributed by atoms with Crippen LogP contribution >= 0.6 is 51.5 Å². The highest BCUT2D eigenvalue weighted by atomic mass is 79.9. The molecule has 0 heterocycles. The van der Waals surface area contributed by atoms with Crippen LogP contribution in [0.2, 0.25) is 10.0 Å². The zero-order chi connectivity index (χ0) is 18.1. The summed E-state index contributed by atoms with van der Waals surface area (Å²) in [5.74, 6) is 0.871. The molecule has 0 unspecified atom stereocenters. The third kappa shape index (κ3) is 8.06. The van der Waals surface area contributed by atoms with Gasteiger partial charge in [-0.05, 0) is 43.3 Å². The van der Waals surface area contributed by atoms with Gasteiger partial charge in [0.15, 0.2) is 0 Å². The van der Waals surface area contributed by atoms with E-state index in [2.05, 4.69) is 34.2 Å². The highest BCUT2D eigenvalue weighted by Gasteiger charge is 2.07. The molecular formula is C20H25BrCl3NO. The maximum Gasteiger partial charge on any atom is 0.124 e. The first-order chi connectivity index (χ1) is 12.1. The van der Waals surface area contributed by atoms with Crippen LogP contribution in [0.4, 0.5) is 0 Å². The normalized spacial score (nSPS) is 10.5. The van der Waals surface area contributed by atoms with Crippen molar-refractivity contribution in [3.8, 4) is 5.75 Å². The van der Waals surface area contributed by atoms with E-state index in [0.717, 1.165) is 34.4 Å². The van der Waals surface area contributed by atoms with Gasteiger partial charge in [0.05, 0.1) is 0 Å². The Morgan fingerprint density at radius 3 is 2.54 bits per heavy atom. The summed E-state index contributed by atoms with van der Waals surface area (Å²) in [6.45, 7) is 4.46. The SMILES string of the molecule is CCCCCCNCc1cc(Br)ccc1OCc1ccc(Cl)cc1Cl.Cl. The number of rotatable bonds is 10. The van der Waals surface area contributed by atoms with Gasteiger partial charge in [0.1, 0.15) is 12.4 Å². The van der Waals surface area contributed by atoms with Crippen LogP contribution in [0.5, 0.6) is 5.75 Å². The van der Waals surface area contributed by atoms with Gasteiger partial charge in [-0.15, -0.1) is 12.4 Å². The zero-order valence-electron chi connectivity index (χ0n) is 14.9. The van der Waals surface area contributed by atoms with Crippen LogP contribution in [-0.4, -0.2) is 6.54 Å². The van der Waals surface area contributed by atoms with Crippen molar-refractivity contribution in [2.75, 3.05) is 6.54 Å². The number of unbranched alkanes of at least 4 members (excludes halogenated alkanes) is 3. The molecule has 2 aromatic carbocycles. The number of ether oxygens (including phenoxy) is 1. The Bertz CT molecular complexity index is 682. The van der Waals surface area contributed by atoms with Gasteiger partial charge in [0.2, 0.25) is 0 Å².